The molecule has 9 heteroatoms. The molecular formula is C44H45Cl2N3O4. The third-order valence-electron chi connectivity index (χ3n) is 9.58. The fourth-order valence-corrected chi connectivity index (χ4v) is 6.68. The van der Waals surface area contributed by atoms with E-state index in [0.29, 0.717) is 59.3 Å². The number of carbonyl (C=O) groups is 1. The summed E-state index contributed by atoms with van der Waals surface area (Å²) in [5.74, 6) is 2.46. The number of aromatic nitrogens is 1. The highest BCUT2D eigenvalue weighted by Gasteiger charge is 2.24. The monoisotopic (exact) mass is 749 g/mol. The minimum absolute atomic E-state index is 0.0505. The van der Waals surface area contributed by atoms with Crippen LogP contribution in [0.4, 0.5) is 0 Å². The molecule has 1 amide bonds. The first-order chi connectivity index (χ1) is 25.6. The Kier molecular flexibility index (Phi) is 12.7. The minimum Gasteiger partial charge on any atom is -0.493 e. The molecule has 0 unspecified atom stereocenters. The lowest BCUT2D eigenvalue weighted by Crippen LogP contribution is -2.48. The Morgan fingerprint density at radius 2 is 1.47 bits per heavy atom. The van der Waals surface area contributed by atoms with E-state index in [2.05, 4.69) is 53.2 Å². The van der Waals surface area contributed by atoms with Gasteiger partial charge in [-0.05, 0) is 91.9 Å². The molecule has 0 atom stereocenters. The number of allylic oxidation sites excluding steroid dienone is 1. The SMILES string of the molecule is CC(C(=O)N1CCN(Cc2ccc(CCOc3ccc(C)cc3)cc2)CC1)=C(C)c1cc(C)c(Oc2ccc(OCc3ccccc3Cl)cn2)c(Cl)c1. The molecule has 274 valence electrons. The Labute approximate surface area is 322 Å². The predicted molar refractivity (Wildman–Crippen MR) is 213 cm³/mol. The van der Waals surface area contributed by atoms with Crippen molar-refractivity contribution in [1.29, 1.82) is 0 Å². The van der Waals surface area contributed by atoms with E-state index in [0.717, 1.165) is 54.1 Å². The number of hydrogen-bond acceptors (Lipinski definition) is 6. The Bertz CT molecular complexity index is 2020. The first-order valence-electron chi connectivity index (χ1n) is 17.9. The third-order valence-corrected chi connectivity index (χ3v) is 10.2. The second-order valence-corrected chi connectivity index (χ2v) is 14.3. The van der Waals surface area contributed by atoms with Crippen molar-refractivity contribution in [3.05, 3.63) is 152 Å². The van der Waals surface area contributed by atoms with E-state index in [1.807, 2.05) is 74.2 Å². The van der Waals surface area contributed by atoms with Crippen LogP contribution in [0.5, 0.6) is 23.1 Å². The fraction of sp³-hybridized carbons (Fsp3) is 0.273. The van der Waals surface area contributed by atoms with Crippen molar-refractivity contribution in [1.82, 2.24) is 14.8 Å². The summed E-state index contributed by atoms with van der Waals surface area (Å²) in [5.41, 5.74) is 7.96. The summed E-state index contributed by atoms with van der Waals surface area (Å²) in [6.45, 7) is 12.7. The van der Waals surface area contributed by atoms with Crippen molar-refractivity contribution in [3.8, 4) is 23.1 Å². The van der Waals surface area contributed by atoms with Crippen molar-refractivity contribution in [2.24, 2.45) is 0 Å². The lowest BCUT2D eigenvalue weighted by atomic mass is 9.99. The summed E-state index contributed by atoms with van der Waals surface area (Å²) in [6.07, 6.45) is 2.47. The van der Waals surface area contributed by atoms with Crippen molar-refractivity contribution in [2.45, 2.75) is 47.3 Å². The number of nitrogens with zero attached hydrogens (tertiary/aromatic N) is 3. The molecule has 0 bridgehead atoms. The van der Waals surface area contributed by atoms with E-state index >= 15 is 0 Å². The van der Waals surface area contributed by atoms with E-state index in [1.54, 1.807) is 18.3 Å². The van der Waals surface area contributed by atoms with Gasteiger partial charge in [0.05, 0.1) is 17.8 Å². The van der Waals surface area contributed by atoms with Gasteiger partial charge < -0.3 is 19.1 Å². The number of pyridine rings is 1. The van der Waals surface area contributed by atoms with Gasteiger partial charge in [-0.15, -0.1) is 0 Å². The van der Waals surface area contributed by atoms with Crippen molar-refractivity contribution in [3.63, 3.8) is 0 Å². The maximum Gasteiger partial charge on any atom is 0.249 e. The van der Waals surface area contributed by atoms with Gasteiger partial charge >= 0.3 is 0 Å². The zero-order chi connectivity index (χ0) is 37.3. The summed E-state index contributed by atoms with van der Waals surface area (Å²) < 4.78 is 17.8. The van der Waals surface area contributed by atoms with Gasteiger partial charge in [0.25, 0.3) is 0 Å². The second-order valence-electron chi connectivity index (χ2n) is 13.5. The van der Waals surface area contributed by atoms with Crippen LogP contribution >= 0.6 is 23.2 Å². The zero-order valence-corrected chi connectivity index (χ0v) is 32.2. The van der Waals surface area contributed by atoms with Crippen LogP contribution in [-0.2, 0) is 24.4 Å². The molecule has 1 fully saturated rings. The van der Waals surface area contributed by atoms with Crippen LogP contribution in [0.1, 0.15) is 47.2 Å². The molecule has 0 saturated carbocycles. The molecule has 1 saturated heterocycles. The summed E-state index contributed by atoms with van der Waals surface area (Å²) in [5, 5.41) is 1.10. The number of aryl methyl sites for hydroxylation is 2. The molecule has 6 rings (SSSR count). The van der Waals surface area contributed by atoms with Crippen LogP contribution in [-0.4, -0.2) is 53.5 Å². The van der Waals surface area contributed by atoms with E-state index < -0.39 is 0 Å². The number of hydrogen-bond donors (Lipinski definition) is 0. The lowest BCUT2D eigenvalue weighted by molar-refractivity contribution is -0.128. The van der Waals surface area contributed by atoms with Gasteiger partial charge in [-0.2, -0.15) is 0 Å². The Hall–Kier alpha value is -4.82. The highest BCUT2D eigenvalue weighted by molar-refractivity contribution is 6.32. The van der Waals surface area contributed by atoms with E-state index in [9.17, 15) is 4.79 Å². The van der Waals surface area contributed by atoms with Crippen molar-refractivity contribution in [2.75, 3.05) is 32.8 Å². The maximum atomic E-state index is 13.6. The van der Waals surface area contributed by atoms with Gasteiger partial charge in [0.1, 0.15) is 18.1 Å². The van der Waals surface area contributed by atoms with Crippen LogP contribution in [0.2, 0.25) is 10.0 Å². The topological polar surface area (TPSA) is 64.1 Å². The molecule has 53 heavy (non-hydrogen) atoms. The van der Waals surface area contributed by atoms with Gasteiger partial charge in [-0.3, -0.25) is 9.69 Å². The Morgan fingerprint density at radius 3 is 2.15 bits per heavy atom. The van der Waals surface area contributed by atoms with E-state index in [1.165, 1.54) is 16.7 Å². The average molecular weight is 751 g/mol. The first kappa shape index (κ1) is 37.9. The maximum absolute atomic E-state index is 13.6. The van der Waals surface area contributed by atoms with Gasteiger partial charge in [-0.1, -0.05) is 83.4 Å². The molecule has 1 aliphatic heterocycles. The Balaban J connectivity index is 0.982. The number of benzene rings is 4. The number of halogens is 2. The molecule has 1 aliphatic rings. The molecular weight excluding hydrogens is 705 g/mol. The van der Waals surface area contributed by atoms with Gasteiger partial charge in [-0.25, -0.2) is 4.98 Å². The molecule has 7 nitrogen and oxygen atoms in total. The highest BCUT2D eigenvalue weighted by atomic mass is 35.5. The molecule has 1 aromatic heterocycles. The van der Waals surface area contributed by atoms with Crippen LogP contribution in [0.25, 0.3) is 5.57 Å². The molecule has 0 aliphatic carbocycles. The summed E-state index contributed by atoms with van der Waals surface area (Å²) in [4.78, 5) is 22.4. The quantitative estimate of drug-likeness (QED) is 0.112. The standard InChI is InChI=1S/C44H45Cl2N3O4/c1-30-9-15-38(16-10-30)51-24-19-34-11-13-35(14-12-34)28-48-20-22-49(23-21-48)44(50)33(4)32(3)37-25-31(2)43(41(46)26-37)53-42-18-17-39(27-47-42)52-29-36-7-5-6-8-40(36)45/h5-18,25-27H,19-24,28-29H2,1-4H3. The van der Waals surface area contributed by atoms with Gasteiger partial charge in [0.2, 0.25) is 11.8 Å². The largest absolute Gasteiger partial charge is 0.493 e. The predicted octanol–water partition coefficient (Wildman–Crippen LogP) is 10.1. The number of rotatable bonds is 13. The summed E-state index contributed by atoms with van der Waals surface area (Å²) >= 11 is 13.0. The third kappa shape index (κ3) is 10.2. The van der Waals surface area contributed by atoms with E-state index in [-0.39, 0.29) is 5.91 Å². The highest BCUT2D eigenvalue weighted by Crippen LogP contribution is 2.36. The van der Waals surface area contributed by atoms with Gasteiger partial charge in [0.15, 0.2) is 5.75 Å². The molecule has 2 heterocycles. The minimum atomic E-state index is 0.0505. The second kappa shape index (κ2) is 17.8. The smallest absolute Gasteiger partial charge is 0.249 e. The van der Waals surface area contributed by atoms with Crippen molar-refractivity contribution >= 4 is 34.7 Å². The number of amides is 1. The zero-order valence-electron chi connectivity index (χ0n) is 30.7. The summed E-state index contributed by atoms with van der Waals surface area (Å²) in [7, 11) is 0. The van der Waals surface area contributed by atoms with Crippen LogP contribution in [0.15, 0.2) is 109 Å². The van der Waals surface area contributed by atoms with Crippen LogP contribution < -0.4 is 14.2 Å². The van der Waals surface area contributed by atoms with Crippen molar-refractivity contribution < 1.29 is 19.0 Å². The summed E-state index contributed by atoms with van der Waals surface area (Å²) in [6, 6.07) is 31.9. The fourth-order valence-electron chi connectivity index (χ4n) is 6.18. The lowest BCUT2D eigenvalue weighted by Gasteiger charge is -2.35. The molecule has 5 aromatic rings. The van der Waals surface area contributed by atoms with Gasteiger partial charge in [0, 0.05) is 61.4 Å². The number of piperazine rings is 1. The van der Waals surface area contributed by atoms with Crippen LogP contribution in [0, 0.1) is 13.8 Å². The Morgan fingerprint density at radius 1 is 0.774 bits per heavy atom. The van der Waals surface area contributed by atoms with Crippen LogP contribution in [0.3, 0.4) is 0 Å². The molecule has 0 radical (unpaired) electrons. The van der Waals surface area contributed by atoms with E-state index in [4.69, 9.17) is 37.4 Å². The number of carbonyl (C=O) groups excluding carboxylic acids is 1. The molecule has 0 N–H and O–H groups in total. The average Bonchev–Trinajstić information content (AvgIpc) is 3.17. The number of ether oxygens (including phenoxy) is 3. The molecule has 0 spiro atoms. The normalized spacial score (nSPS) is 13.7. The molecule has 4 aromatic carbocycles. The first-order valence-corrected chi connectivity index (χ1v) is 18.7.